The van der Waals surface area contributed by atoms with Gasteiger partial charge in [0.2, 0.25) is 0 Å². The van der Waals surface area contributed by atoms with Crippen LogP contribution in [-0.2, 0) is 18.3 Å². The number of alkyl halides is 1. The van der Waals surface area contributed by atoms with Crippen LogP contribution >= 0.6 is 15.9 Å². The fourth-order valence-electron chi connectivity index (χ4n) is 2.01. The first-order valence-electron chi connectivity index (χ1n) is 6.71. The number of nitrogens with zero attached hydrogens (tertiary/aromatic N) is 2. The lowest BCUT2D eigenvalue weighted by Crippen LogP contribution is -2.18. The molecule has 0 aliphatic heterocycles. The molecular weight excluding hydrogens is 318 g/mol. The highest BCUT2D eigenvalue weighted by Gasteiger charge is 2.15. The molecule has 0 saturated heterocycles. The molecule has 0 aliphatic carbocycles. The summed E-state index contributed by atoms with van der Waals surface area (Å²) in [6.45, 7) is 4.70. The minimum atomic E-state index is -0.118. The van der Waals surface area contributed by atoms with Gasteiger partial charge in [-0.15, -0.1) is 0 Å². The normalized spacial score (nSPS) is 10.6. The predicted octanol–water partition coefficient (Wildman–Crippen LogP) is 3.61. The van der Waals surface area contributed by atoms with E-state index in [-0.39, 0.29) is 5.91 Å². The Balaban J connectivity index is 2.26. The minimum Gasteiger partial charge on any atom is -0.320 e. The van der Waals surface area contributed by atoms with Crippen LogP contribution in [0, 0.1) is 0 Å². The topological polar surface area (TPSA) is 46.9 Å². The van der Waals surface area contributed by atoms with Crippen LogP contribution in [0.25, 0.3) is 0 Å². The molecule has 106 valence electrons. The van der Waals surface area contributed by atoms with Gasteiger partial charge in [-0.3, -0.25) is 9.48 Å². The summed E-state index contributed by atoms with van der Waals surface area (Å²) >= 11 is 3.43. The summed E-state index contributed by atoms with van der Waals surface area (Å²) in [5, 5.41) is 8.06. The highest BCUT2D eigenvalue weighted by Crippen LogP contribution is 2.19. The zero-order valence-corrected chi connectivity index (χ0v) is 13.3. The molecular formula is C15H18BrN3O. The van der Waals surface area contributed by atoms with Gasteiger partial charge in [0.15, 0.2) is 0 Å². The van der Waals surface area contributed by atoms with E-state index in [1.54, 1.807) is 4.68 Å². The van der Waals surface area contributed by atoms with E-state index in [0.717, 1.165) is 23.4 Å². The maximum Gasteiger partial charge on any atom is 0.273 e. The lowest BCUT2D eigenvalue weighted by Gasteiger charge is -2.09. The quantitative estimate of drug-likeness (QED) is 0.848. The van der Waals surface area contributed by atoms with Gasteiger partial charge in [0.25, 0.3) is 5.91 Å². The van der Waals surface area contributed by atoms with Crippen LogP contribution < -0.4 is 5.32 Å². The second kappa shape index (κ2) is 6.70. The second-order valence-corrected chi connectivity index (χ2v) is 5.00. The summed E-state index contributed by atoms with van der Waals surface area (Å²) in [6.07, 6.45) is 0.825. The summed E-state index contributed by atoms with van der Waals surface area (Å²) in [5.41, 5.74) is 3.43. The molecule has 20 heavy (non-hydrogen) atoms. The van der Waals surface area contributed by atoms with Gasteiger partial charge in [-0.2, -0.15) is 5.10 Å². The van der Waals surface area contributed by atoms with E-state index in [9.17, 15) is 4.79 Å². The third-order valence-electron chi connectivity index (χ3n) is 3.13. The Kier molecular flexibility index (Phi) is 4.95. The number of halogens is 1. The number of para-hydroxylation sites is 1. The molecule has 0 fully saturated rings. The Morgan fingerprint density at radius 3 is 2.75 bits per heavy atom. The van der Waals surface area contributed by atoms with E-state index in [1.165, 1.54) is 0 Å². The number of carbonyl (C=O) groups excluding carboxylic acids is 1. The third kappa shape index (κ3) is 3.10. The standard InChI is InChI=1S/C15H18BrN3O/c1-3-12-9-14(19(4-2)18-12)15(20)17-13-8-6-5-7-11(13)10-16/h5-9H,3-4,10H2,1-2H3,(H,17,20). The Bertz CT molecular complexity index is 607. The molecule has 0 radical (unpaired) electrons. The van der Waals surface area contributed by atoms with Gasteiger partial charge in [-0.25, -0.2) is 0 Å². The molecule has 0 spiro atoms. The highest BCUT2D eigenvalue weighted by molar-refractivity contribution is 9.08. The number of nitrogens with one attached hydrogen (secondary N) is 1. The van der Waals surface area contributed by atoms with E-state index in [1.807, 2.05) is 44.2 Å². The molecule has 1 aromatic heterocycles. The summed E-state index contributed by atoms with van der Waals surface area (Å²) in [6, 6.07) is 9.62. The van der Waals surface area contributed by atoms with Crippen LogP contribution in [0.15, 0.2) is 30.3 Å². The Labute approximate surface area is 127 Å². The minimum absolute atomic E-state index is 0.118. The van der Waals surface area contributed by atoms with Crippen LogP contribution in [-0.4, -0.2) is 15.7 Å². The van der Waals surface area contributed by atoms with Crippen molar-refractivity contribution in [2.24, 2.45) is 0 Å². The van der Waals surface area contributed by atoms with Crippen LogP contribution in [0.2, 0.25) is 0 Å². The van der Waals surface area contributed by atoms with E-state index < -0.39 is 0 Å². The van der Waals surface area contributed by atoms with Crippen molar-refractivity contribution in [3.63, 3.8) is 0 Å². The number of hydrogen-bond donors (Lipinski definition) is 1. The average Bonchev–Trinajstić information content (AvgIpc) is 2.91. The molecule has 0 aliphatic rings. The van der Waals surface area contributed by atoms with Crippen LogP contribution in [0.3, 0.4) is 0 Å². The van der Waals surface area contributed by atoms with E-state index in [0.29, 0.717) is 17.6 Å². The van der Waals surface area contributed by atoms with Crippen LogP contribution in [0.5, 0.6) is 0 Å². The van der Waals surface area contributed by atoms with Crippen molar-refractivity contribution in [3.8, 4) is 0 Å². The molecule has 1 heterocycles. The Morgan fingerprint density at radius 2 is 2.10 bits per heavy atom. The smallest absolute Gasteiger partial charge is 0.273 e. The number of benzene rings is 1. The number of anilines is 1. The molecule has 1 aromatic carbocycles. The highest BCUT2D eigenvalue weighted by atomic mass is 79.9. The molecule has 1 amide bonds. The van der Waals surface area contributed by atoms with Crippen molar-refractivity contribution in [1.82, 2.24) is 9.78 Å². The number of rotatable bonds is 5. The number of amides is 1. The molecule has 2 aromatic rings. The van der Waals surface area contributed by atoms with Crippen molar-refractivity contribution >= 4 is 27.5 Å². The summed E-state index contributed by atoms with van der Waals surface area (Å²) in [4.78, 5) is 12.4. The maximum absolute atomic E-state index is 12.4. The van der Waals surface area contributed by atoms with Gasteiger partial charge in [0.05, 0.1) is 5.69 Å². The number of aryl methyl sites for hydroxylation is 2. The summed E-state index contributed by atoms with van der Waals surface area (Å²) in [7, 11) is 0. The van der Waals surface area contributed by atoms with Crippen molar-refractivity contribution < 1.29 is 4.79 Å². The van der Waals surface area contributed by atoms with Crippen molar-refractivity contribution in [3.05, 3.63) is 47.3 Å². The van der Waals surface area contributed by atoms with Gasteiger partial charge in [-0.1, -0.05) is 41.1 Å². The average molecular weight is 336 g/mol. The molecule has 0 atom stereocenters. The second-order valence-electron chi connectivity index (χ2n) is 4.44. The van der Waals surface area contributed by atoms with Crippen LogP contribution in [0.1, 0.15) is 35.6 Å². The summed E-state index contributed by atoms with van der Waals surface area (Å²) in [5.74, 6) is -0.118. The van der Waals surface area contributed by atoms with Gasteiger partial charge in [0.1, 0.15) is 5.69 Å². The zero-order chi connectivity index (χ0) is 14.5. The molecule has 1 N–H and O–H groups in total. The van der Waals surface area contributed by atoms with Gasteiger partial charge >= 0.3 is 0 Å². The Hall–Kier alpha value is -1.62. The van der Waals surface area contributed by atoms with Gasteiger partial charge in [0, 0.05) is 17.6 Å². The van der Waals surface area contributed by atoms with Crippen molar-refractivity contribution in [1.29, 1.82) is 0 Å². The molecule has 0 saturated carbocycles. The number of carbonyl (C=O) groups is 1. The van der Waals surface area contributed by atoms with E-state index >= 15 is 0 Å². The largest absolute Gasteiger partial charge is 0.320 e. The molecule has 5 heteroatoms. The molecule has 4 nitrogen and oxygen atoms in total. The zero-order valence-electron chi connectivity index (χ0n) is 11.7. The molecule has 0 bridgehead atoms. The van der Waals surface area contributed by atoms with Crippen molar-refractivity contribution in [2.75, 3.05) is 5.32 Å². The van der Waals surface area contributed by atoms with Gasteiger partial charge < -0.3 is 5.32 Å². The van der Waals surface area contributed by atoms with Crippen molar-refractivity contribution in [2.45, 2.75) is 32.1 Å². The fourth-order valence-corrected chi connectivity index (χ4v) is 2.50. The van der Waals surface area contributed by atoms with Crippen LogP contribution in [0.4, 0.5) is 5.69 Å². The molecule has 0 unspecified atom stereocenters. The Morgan fingerprint density at radius 1 is 1.35 bits per heavy atom. The fraction of sp³-hybridized carbons (Fsp3) is 0.333. The van der Waals surface area contributed by atoms with E-state index in [2.05, 4.69) is 26.3 Å². The summed E-state index contributed by atoms with van der Waals surface area (Å²) < 4.78 is 1.74. The predicted molar refractivity (Wildman–Crippen MR) is 84.3 cm³/mol. The maximum atomic E-state index is 12.4. The first-order valence-corrected chi connectivity index (χ1v) is 7.83. The lowest BCUT2D eigenvalue weighted by atomic mass is 10.2. The first kappa shape index (κ1) is 14.8. The lowest BCUT2D eigenvalue weighted by molar-refractivity contribution is 0.101. The third-order valence-corrected chi connectivity index (χ3v) is 3.74. The first-order chi connectivity index (χ1) is 9.69. The van der Waals surface area contributed by atoms with E-state index in [4.69, 9.17) is 0 Å². The molecule has 2 rings (SSSR count). The SMILES string of the molecule is CCc1cc(C(=O)Nc2ccccc2CBr)n(CC)n1. The van der Waals surface area contributed by atoms with Gasteiger partial charge in [-0.05, 0) is 31.0 Å². The monoisotopic (exact) mass is 335 g/mol. The number of hydrogen-bond acceptors (Lipinski definition) is 2. The number of aromatic nitrogens is 2.